The Hall–Kier alpha value is -2.81. The summed E-state index contributed by atoms with van der Waals surface area (Å²) in [7, 11) is 0. The van der Waals surface area contributed by atoms with Crippen molar-refractivity contribution in [3.05, 3.63) is 115 Å². The van der Waals surface area contributed by atoms with Crippen LogP contribution in [-0.2, 0) is 26.5 Å². The molecule has 0 heterocycles. The summed E-state index contributed by atoms with van der Waals surface area (Å²) in [5.41, 5.74) is 10.9. The summed E-state index contributed by atoms with van der Waals surface area (Å²) < 4.78 is 0. The minimum atomic E-state index is 0.832. The Morgan fingerprint density at radius 1 is 0.580 bits per heavy atom. The second-order valence-corrected chi connectivity index (χ2v) is 12.7. The summed E-state index contributed by atoms with van der Waals surface area (Å²) in [4.78, 5) is 10.1. The molecule has 4 aromatic rings. The maximum atomic E-state index is 5.15. The van der Waals surface area contributed by atoms with E-state index in [9.17, 15) is 0 Å². The van der Waals surface area contributed by atoms with Crippen LogP contribution in [0.2, 0.25) is 0 Å². The van der Waals surface area contributed by atoms with Crippen molar-refractivity contribution in [1.29, 1.82) is 0 Å². The summed E-state index contributed by atoms with van der Waals surface area (Å²) in [5, 5.41) is 0. The van der Waals surface area contributed by atoms with Gasteiger partial charge < -0.3 is 6.92 Å². The van der Waals surface area contributed by atoms with Crippen molar-refractivity contribution < 1.29 is 13.7 Å². The van der Waals surface area contributed by atoms with Crippen LogP contribution in [0.5, 0.6) is 0 Å². The van der Waals surface area contributed by atoms with Gasteiger partial charge in [-0.05, 0) is 89.8 Å². The molecular weight excluding hydrogens is 719 g/mol. The minimum absolute atomic E-state index is 0.832. The zero-order valence-electron chi connectivity index (χ0n) is 31.2. The summed E-state index contributed by atoms with van der Waals surface area (Å²) in [6.45, 7) is 11.7. The van der Waals surface area contributed by atoms with E-state index in [2.05, 4.69) is 153 Å². The van der Waals surface area contributed by atoms with E-state index >= 15 is 0 Å². The van der Waals surface area contributed by atoms with E-state index in [0.717, 1.165) is 36.3 Å². The number of hydrogen-bond acceptors (Lipinski definition) is 2. The maximum absolute atomic E-state index is 5.15. The van der Waals surface area contributed by atoms with Crippen LogP contribution >= 0.6 is 14.2 Å². The molecular formula is C46H61BrN2Ni-. The van der Waals surface area contributed by atoms with E-state index in [4.69, 9.17) is 9.98 Å². The fraction of sp³-hybridized carbons (Fsp3) is 0.413. The third-order valence-corrected chi connectivity index (χ3v) is 8.87. The number of hydrogen-bond donors (Lipinski definition) is 0. The second kappa shape index (κ2) is 27.9. The molecule has 0 fully saturated rings. The number of benzene rings is 4. The van der Waals surface area contributed by atoms with E-state index in [1.165, 1.54) is 110 Å². The van der Waals surface area contributed by atoms with Gasteiger partial charge in [-0.15, -0.1) is 0 Å². The molecule has 4 heteroatoms. The second-order valence-electron chi connectivity index (χ2n) is 12.7. The van der Waals surface area contributed by atoms with Crippen molar-refractivity contribution in [1.82, 2.24) is 0 Å². The predicted octanol–water partition coefficient (Wildman–Crippen LogP) is 15.4. The molecule has 0 spiro atoms. The van der Waals surface area contributed by atoms with Gasteiger partial charge in [-0.2, -0.15) is 6.92 Å². The average molecular weight is 781 g/mol. The summed E-state index contributed by atoms with van der Waals surface area (Å²) in [6, 6.07) is 35.1. The molecule has 0 aliphatic heterocycles. The SMILES string of the molecule is CCCCCCCCc1cc(N=C(C=Nc2ccc(-c3ccccc3)c(CCCCCCCC)c2)CC)cc(-c2ccccc2)c1.[CH2-]C.[Ni][Br]. The van der Waals surface area contributed by atoms with Crippen LogP contribution in [0.4, 0.5) is 11.4 Å². The molecule has 4 aromatic carbocycles. The molecule has 0 bridgehead atoms. The van der Waals surface area contributed by atoms with E-state index < -0.39 is 0 Å². The van der Waals surface area contributed by atoms with E-state index in [-0.39, 0.29) is 0 Å². The molecule has 0 aromatic heterocycles. The summed E-state index contributed by atoms with van der Waals surface area (Å²) in [6.07, 6.45) is 20.7. The zero-order valence-corrected chi connectivity index (χ0v) is 33.8. The van der Waals surface area contributed by atoms with Crippen LogP contribution in [0.25, 0.3) is 22.3 Å². The molecule has 2 nitrogen and oxygen atoms in total. The van der Waals surface area contributed by atoms with Crippen LogP contribution in [-0.4, -0.2) is 11.9 Å². The fourth-order valence-corrected chi connectivity index (χ4v) is 6.17. The molecule has 0 aliphatic rings. The molecule has 273 valence electrons. The molecule has 0 amide bonds. The third-order valence-electron chi connectivity index (χ3n) is 8.87. The Bertz CT molecular complexity index is 1500. The summed E-state index contributed by atoms with van der Waals surface area (Å²) in [5.74, 6) is 0. The molecule has 0 saturated carbocycles. The van der Waals surface area contributed by atoms with Gasteiger partial charge in [-0.25, -0.2) is 0 Å². The normalized spacial score (nSPS) is 11.2. The molecule has 0 aliphatic carbocycles. The number of unbranched alkanes of at least 4 members (excludes halogenated alkanes) is 10. The topological polar surface area (TPSA) is 24.7 Å². The molecule has 4 rings (SSSR count). The van der Waals surface area contributed by atoms with Crippen molar-refractivity contribution in [2.75, 3.05) is 0 Å². The number of aryl methyl sites for hydroxylation is 2. The van der Waals surface area contributed by atoms with Crippen molar-refractivity contribution in [2.24, 2.45) is 9.98 Å². The van der Waals surface area contributed by atoms with Crippen LogP contribution < -0.4 is 0 Å². The quantitative estimate of drug-likeness (QED) is 0.0369. The number of halogens is 1. The van der Waals surface area contributed by atoms with Crippen LogP contribution in [0, 0.1) is 6.92 Å². The molecule has 0 atom stereocenters. The van der Waals surface area contributed by atoms with E-state index in [1.54, 1.807) is 6.92 Å². The number of rotatable bonds is 20. The monoisotopic (exact) mass is 778 g/mol. The molecule has 0 saturated heterocycles. The molecule has 0 N–H and O–H groups in total. The van der Waals surface area contributed by atoms with Gasteiger partial charge in [0.2, 0.25) is 0 Å². The van der Waals surface area contributed by atoms with Crippen LogP contribution in [0.15, 0.2) is 107 Å². The average Bonchev–Trinajstić information content (AvgIpc) is 3.18. The van der Waals surface area contributed by atoms with Gasteiger partial charge in [0.1, 0.15) is 0 Å². The summed E-state index contributed by atoms with van der Waals surface area (Å²) >= 11 is 6.25. The van der Waals surface area contributed by atoms with Gasteiger partial charge in [-0.3, -0.25) is 9.98 Å². The number of aliphatic imine (C=N–C) groups is 2. The van der Waals surface area contributed by atoms with E-state index in [1.807, 2.05) is 6.21 Å². The van der Waals surface area contributed by atoms with Crippen molar-refractivity contribution in [3.63, 3.8) is 0 Å². The first kappa shape index (κ1) is 43.4. The molecule has 50 heavy (non-hydrogen) atoms. The van der Waals surface area contributed by atoms with Gasteiger partial charge in [0, 0.05) is 6.21 Å². The van der Waals surface area contributed by atoms with Crippen molar-refractivity contribution in [3.8, 4) is 22.3 Å². The van der Waals surface area contributed by atoms with Gasteiger partial charge in [0.05, 0.1) is 17.1 Å². The first-order valence-electron chi connectivity index (χ1n) is 19.0. The van der Waals surface area contributed by atoms with Gasteiger partial charge >= 0.3 is 27.9 Å². The van der Waals surface area contributed by atoms with Crippen molar-refractivity contribution in [2.45, 2.75) is 124 Å². The molecule has 0 radical (unpaired) electrons. The Kier molecular flexibility index (Phi) is 24.2. The first-order valence-corrected chi connectivity index (χ1v) is 21.5. The van der Waals surface area contributed by atoms with Crippen molar-refractivity contribution >= 4 is 37.5 Å². The number of nitrogens with zero attached hydrogens (tertiary/aromatic N) is 2. The third kappa shape index (κ3) is 16.5. The Morgan fingerprint density at radius 3 is 1.74 bits per heavy atom. The Balaban J connectivity index is 0.00000209. The van der Waals surface area contributed by atoms with Crippen LogP contribution in [0.3, 0.4) is 0 Å². The fourth-order valence-electron chi connectivity index (χ4n) is 6.17. The Morgan fingerprint density at radius 2 is 1.14 bits per heavy atom. The standard InChI is InChI=1S/C44H56N2.C2H5.BrH.Ni/c1-4-7-9-11-13-17-23-36-31-40(37-24-19-15-20-25-37)34-43(32-36)46-41(6-3)35-45-42-29-30-44(38-26-21-16-22-27-38)39(33-42)28-18-14-12-10-8-5-2;1-2;;/h15-16,19-22,24-27,29-35H,4-14,17-18,23,28H2,1-3H3;1H2,2H3;1H;/q;-1;;+1/p-1. The molecule has 0 unspecified atom stereocenters. The Labute approximate surface area is 320 Å². The van der Waals surface area contributed by atoms with E-state index in [0.29, 0.717) is 0 Å². The first-order chi connectivity index (χ1) is 24.7. The van der Waals surface area contributed by atoms with Gasteiger partial charge in [-0.1, -0.05) is 158 Å². The predicted molar refractivity (Wildman–Crippen MR) is 223 cm³/mol. The van der Waals surface area contributed by atoms with Crippen LogP contribution in [0.1, 0.15) is 122 Å². The zero-order chi connectivity index (χ0) is 36.2. The van der Waals surface area contributed by atoms with Gasteiger partial charge in [0.15, 0.2) is 0 Å². The van der Waals surface area contributed by atoms with Gasteiger partial charge in [0.25, 0.3) is 0 Å².